The van der Waals surface area contributed by atoms with Gasteiger partial charge in [0.15, 0.2) is 0 Å². The molecule has 0 aliphatic carbocycles. The second kappa shape index (κ2) is 8.13. The monoisotopic (exact) mass is 394 g/mol. The number of ether oxygens (including phenoxy) is 1. The number of nitrogens with one attached hydrogen (secondary N) is 1. The van der Waals surface area contributed by atoms with Crippen molar-refractivity contribution in [2.75, 3.05) is 0 Å². The third kappa shape index (κ3) is 5.08. The molecule has 2 aromatic carbocycles. The van der Waals surface area contributed by atoms with Crippen molar-refractivity contribution < 1.29 is 9.53 Å². The average molecular weight is 396 g/mol. The smallest absolute Gasteiger partial charge is 0.272 e. The van der Waals surface area contributed by atoms with Crippen LogP contribution in [0, 0.1) is 0 Å². The maximum Gasteiger partial charge on any atom is 0.272 e. The highest BCUT2D eigenvalue weighted by Crippen LogP contribution is 2.26. The minimum absolute atomic E-state index is 0.0979. The summed E-state index contributed by atoms with van der Waals surface area (Å²) >= 11 is 9.41. The molecule has 6 heteroatoms. The molecule has 0 atom stereocenters. The van der Waals surface area contributed by atoms with Crippen molar-refractivity contribution >= 4 is 39.7 Å². The van der Waals surface area contributed by atoms with E-state index >= 15 is 0 Å². The fourth-order valence-corrected chi connectivity index (χ4v) is 2.53. The van der Waals surface area contributed by atoms with Crippen molar-refractivity contribution in [2.45, 2.75) is 20.0 Å². The number of halogens is 2. The van der Waals surface area contributed by atoms with E-state index < -0.39 is 0 Å². The Morgan fingerprint density at radius 2 is 2.04 bits per heavy atom. The van der Waals surface area contributed by atoms with Crippen LogP contribution < -0.4 is 10.2 Å². The van der Waals surface area contributed by atoms with Gasteiger partial charge >= 0.3 is 0 Å². The maximum absolute atomic E-state index is 12.0. The number of rotatable bonds is 5. The van der Waals surface area contributed by atoms with Crippen molar-refractivity contribution in [3.8, 4) is 5.75 Å². The molecule has 1 amide bonds. The van der Waals surface area contributed by atoms with Crippen molar-refractivity contribution in [1.82, 2.24) is 5.43 Å². The first-order valence-corrected chi connectivity index (χ1v) is 8.18. The predicted octanol–water partition coefficient (Wildman–Crippen LogP) is 4.65. The number of nitrogens with zero attached hydrogens (tertiary/aromatic N) is 1. The molecule has 120 valence electrons. The zero-order chi connectivity index (χ0) is 16.8. The summed E-state index contributed by atoms with van der Waals surface area (Å²) in [6.07, 6.45) is 1.65. The summed E-state index contributed by atoms with van der Waals surface area (Å²) in [5, 5.41) is 4.33. The number of carbonyl (C=O) groups excluding carboxylic acids is 1. The molecule has 0 radical (unpaired) electrons. The lowest BCUT2D eigenvalue weighted by Gasteiger charge is -2.11. The number of hydrogen-bond donors (Lipinski definition) is 1. The van der Waals surface area contributed by atoms with E-state index in [1.165, 1.54) is 0 Å². The van der Waals surface area contributed by atoms with Gasteiger partial charge in [-0.1, -0.05) is 23.7 Å². The zero-order valence-electron chi connectivity index (χ0n) is 12.7. The van der Waals surface area contributed by atoms with Crippen LogP contribution in [-0.2, 0) is 0 Å². The van der Waals surface area contributed by atoms with E-state index in [4.69, 9.17) is 16.3 Å². The molecular formula is C17H16BrClN2O2. The molecule has 0 aromatic heterocycles. The summed E-state index contributed by atoms with van der Waals surface area (Å²) in [4.78, 5) is 12.0. The van der Waals surface area contributed by atoms with Gasteiger partial charge < -0.3 is 4.74 Å². The molecular weight excluding hydrogens is 380 g/mol. The highest BCUT2D eigenvalue weighted by atomic mass is 79.9. The molecule has 23 heavy (non-hydrogen) atoms. The predicted molar refractivity (Wildman–Crippen MR) is 96.4 cm³/mol. The molecule has 1 N–H and O–H groups in total. The topological polar surface area (TPSA) is 50.7 Å². The second-order valence-corrected chi connectivity index (χ2v) is 6.30. The lowest BCUT2D eigenvalue weighted by molar-refractivity contribution is 0.0955. The Hall–Kier alpha value is -1.85. The second-order valence-electron chi connectivity index (χ2n) is 5.04. The maximum atomic E-state index is 12.0. The van der Waals surface area contributed by atoms with Crippen LogP contribution in [0.1, 0.15) is 29.8 Å². The number of hydrogen-bond acceptors (Lipinski definition) is 3. The lowest BCUT2D eigenvalue weighted by atomic mass is 10.2. The van der Waals surface area contributed by atoms with Gasteiger partial charge in [0.25, 0.3) is 5.91 Å². The Kier molecular flexibility index (Phi) is 6.19. The van der Waals surface area contributed by atoms with Gasteiger partial charge in [0, 0.05) is 0 Å². The van der Waals surface area contributed by atoms with Crippen LogP contribution in [0.25, 0.3) is 0 Å². The fraction of sp³-hybridized carbons (Fsp3) is 0.176. The van der Waals surface area contributed by atoms with E-state index in [-0.39, 0.29) is 12.0 Å². The van der Waals surface area contributed by atoms with Gasteiger partial charge in [0.05, 0.1) is 27.4 Å². The number of carbonyl (C=O) groups is 1. The molecule has 0 unspecified atom stereocenters. The Balaban J connectivity index is 2.02. The first kappa shape index (κ1) is 17.5. The van der Waals surface area contributed by atoms with Gasteiger partial charge in [0.2, 0.25) is 0 Å². The first-order chi connectivity index (χ1) is 11.0. The Bertz CT molecular complexity index is 732. The van der Waals surface area contributed by atoms with Gasteiger partial charge in [-0.2, -0.15) is 5.10 Å². The van der Waals surface area contributed by atoms with Crippen molar-refractivity contribution in [1.29, 1.82) is 0 Å². The van der Waals surface area contributed by atoms with Crippen LogP contribution >= 0.6 is 27.5 Å². The lowest BCUT2D eigenvalue weighted by Crippen LogP contribution is -2.17. The summed E-state index contributed by atoms with van der Waals surface area (Å²) in [5.41, 5.74) is 3.66. The molecule has 0 saturated carbocycles. The molecule has 0 aliphatic heterocycles. The first-order valence-electron chi connectivity index (χ1n) is 7.01. The van der Waals surface area contributed by atoms with Gasteiger partial charge in [-0.15, -0.1) is 0 Å². The van der Waals surface area contributed by atoms with E-state index in [1.54, 1.807) is 30.5 Å². The molecule has 0 heterocycles. The molecule has 0 aliphatic rings. The van der Waals surface area contributed by atoms with Crippen LogP contribution in [0.3, 0.4) is 0 Å². The molecule has 0 bridgehead atoms. The SMILES string of the molecule is CC(C)Oc1ccc(/C=N\NC(=O)c2ccccc2Cl)cc1Br. The molecule has 0 fully saturated rings. The summed E-state index contributed by atoms with van der Waals surface area (Å²) in [5.74, 6) is 0.405. The number of benzene rings is 2. The van der Waals surface area contributed by atoms with E-state index in [2.05, 4.69) is 26.5 Å². The summed E-state index contributed by atoms with van der Waals surface area (Å²) in [6, 6.07) is 12.4. The van der Waals surface area contributed by atoms with Crippen molar-refractivity contribution in [2.24, 2.45) is 5.10 Å². The van der Waals surface area contributed by atoms with Crippen LogP contribution in [0.15, 0.2) is 52.0 Å². The molecule has 4 nitrogen and oxygen atoms in total. The highest BCUT2D eigenvalue weighted by molar-refractivity contribution is 9.10. The normalized spacial score (nSPS) is 11.0. The Labute approximate surface area is 148 Å². The van der Waals surface area contributed by atoms with Crippen LogP contribution in [0.2, 0.25) is 5.02 Å². The van der Waals surface area contributed by atoms with Gasteiger partial charge in [-0.3, -0.25) is 4.79 Å². The van der Waals surface area contributed by atoms with Crippen LogP contribution in [-0.4, -0.2) is 18.2 Å². The molecule has 2 rings (SSSR count). The summed E-state index contributed by atoms with van der Waals surface area (Å²) in [7, 11) is 0. The highest BCUT2D eigenvalue weighted by Gasteiger charge is 2.08. The van der Waals surface area contributed by atoms with E-state index in [9.17, 15) is 4.79 Å². The van der Waals surface area contributed by atoms with Crippen LogP contribution in [0.5, 0.6) is 5.75 Å². The quantitative estimate of drug-likeness (QED) is 0.591. The average Bonchev–Trinajstić information content (AvgIpc) is 2.50. The number of hydrazone groups is 1. The van der Waals surface area contributed by atoms with Crippen molar-refractivity contribution in [3.63, 3.8) is 0 Å². The minimum atomic E-state index is -0.356. The molecule has 0 spiro atoms. The van der Waals surface area contributed by atoms with Gasteiger partial charge in [-0.25, -0.2) is 5.43 Å². The third-order valence-corrected chi connectivity index (χ3v) is 3.77. The summed E-state index contributed by atoms with van der Waals surface area (Å²) < 4.78 is 6.46. The minimum Gasteiger partial charge on any atom is -0.490 e. The zero-order valence-corrected chi connectivity index (χ0v) is 15.1. The standard InChI is InChI=1S/C17H16BrClN2O2/c1-11(2)23-16-8-7-12(9-14(16)18)10-20-21-17(22)13-5-3-4-6-15(13)19/h3-11H,1-2H3,(H,21,22)/b20-10-. The van der Waals surface area contributed by atoms with Gasteiger partial charge in [0.1, 0.15) is 5.75 Å². The number of amides is 1. The summed E-state index contributed by atoms with van der Waals surface area (Å²) in [6.45, 7) is 3.93. The fourth-order valence-electron chi connectivity index (χ4n) is 1.82. The Morgan fingerprint density at radius 3 is 2.70 bits per heavy atom. The molecule has 0 saturated heterocycles. The van der Waals surface area contributed by atoms with Gasteiger partial charge in [-0.05, 0) is 65.7 Å². The Morgan fingerprint density at radius 1 is 1.30 bits per heavy atom. The largest absolute Gasteiger partial charge is 0.490 e. The third-order valence-electron chi connectivity index (χ3n) is 2.82. The molecule has 2 aromatic rings. The van der Waals surface area contributed by atoms with E-state index in [1.807, 2.05) is 32.0 Å². The van der Waals surface area contributed by atoms with Crippen molar-refractivity contribution in [3.05, 3.63) is 63.1 Å². The van der Waals surface area contributed by atoms with E-state index in [0.717, 1.165) is 15.8 Å². The van der Waals surface area contributed by atoms with E-state index in [0.29, 0.717) is 10.6 Å². The van der Waals surface area contributed by atoms with Crippen LogP contribution in [0.4, 0.5) is 0 Å².